The Morgan fingerprint density at radius 1 is 1.07 bits per heavy atom. The molecule has 8 heteroatoms. The van der Waals surface area contributed by atoms with Crippen LogP contribution in [-0.2, 0) is 6.61 Å². The molecule has 0 atom stereocenters. The van der Waals surface area contributed by atoms with Gasteiger partial charge in [-0.2, -0.15) is 0 Å². The highest BCUT2D eigenvalue weighted by atomic mass is 16.4. The lowest BCUT2D eigenvalue weighted by Gasteiger charge is -2.17. The van der Waals surface area contributed by atoms with Gasteiger partial charge in [0.25, 0.3) is 5.89 Å². The summed E-state index contributed by atoms with van der Waals surface area (Å²) in [5, 5.41) is 17.4. The topological polar surface area (TPSA) is 114 Å². The number of aliphatic hydroxyl groups excluding tert-OH is 1. The first kappa shape index (κ1) is 19.9. The van der Waals surface area contributed by atoms with Crippen LogP contribution in [0.3, 0.4) is 0 Å². The number of aliphatic hydroxyl groups is 1. The zero-order valence-electron chi connectivity index (χ0n) is 17.0. The van der Waals surface area contributed by atoms with Gasteiger partial charge in [0.05, 0.1) is 18.5 Å². The molecule has 0 bridgehead atoms. The number of aromatic nitrogens is 4. The minimum atomic E-state index is -0.0179. The molecule has 0 amide bonds. The monoisotopic (exact) mass is 404 g/mol. The van der Waals surface area contributed by atoms with Gasteiger partial charge in [-0.1, -0.05) is 29.9 Å². The molecule has 1 aliphatic carbocycles. The smallest absolute Gasteiger partial charge is 0.270 e. The van der Waals surface area contributed by atoms with Crippen LogP contribution in [0.25, 0.3) is 28.6 Å². The zero-order chi connectivity index (χ0) is 21.1. The quantitative estimate of drug-likeness (QED) is 0.644. The Morgan fingerprint density at radius 2 is 1.83 bits per heavy atom. The minimum absolute atomic E-state index is 0.0179. The first-order valence-electron chi connectivity index (χ1n) is 9.73. The Balaban J connectivity index is 1.61. The van der Waals surface area contributed by atoms with Crippen LogP contribution in [0.15, 0.2) is 52.6 Å². The van der Waals surface area contributed by atoms with E-state index in [0.29, 0.717) is 11.6 Å². The van der Waals surface area contributed by atoms with Crippen LogP contribution in [0.2, 0.25) is 0 Å². The number of rotatable bonds is 6. The normalized spacial score (nSPS) is 14.0. The largest absolute Gasteiger partial charge is 0.414 e. The molecule has 0 unspecified atom stereocenters. The van der Waals surface area contributed by atoms with E-state index in [2.05, 4.69) is 51.3 Å². The van der Waals surface area contributed by atoms with E-state index in [4.69, 9.17) is 10.2 Å². The van der Waals surface area contributed by atoms with E-state index in [1.165, 1.54) is 5.57 Å². The van der Waals surface area contributed by atoms with E-state index in [-0.39, 0.29) is 18.3 Å². The van der Waals surface area contributed by atoms with Crippen molar-refractivity contribution in [2.45, 2.75) is 19.4 Å². The third-order valence-corrected chi connectivity index (χ3v) is 4.90. The number of likely N-dealkylation sites (N-methyl/N-ethyl adjacent to an activating group) is 1. The van der Waals surface area contributed by atoms with Crippen LogP contribution in [0, 0.1) is 0 Å². The fraction of sp³-hybridized carbons (Fsp3) is 0.273. The molecule has 4 rings (SSSR count). The van der Waals surface area contributed by atoms with Gasteiger partial charge in [-0.15, -0.1) is 10.2 Å². The van der Waals surface area contributed by atoms with Gasteiger partial charge in [-0.3, -0.25) is 0 Å². The van der Waals surface area contributed by atoms with Crippen molar-refractivity contribution < 1.29 is 9.52 Å². The van der Waals surface area contributed by atoms with Crippen molar-refractivity contribution in [3.05, 3.63) is 59.4 Å². The van der Waals surface area contributed by atoms with E-state index in [9.17, 15) is 5.11 Å². The Bertz CT molecular complexity index is 1100. The van der Waals surface area contributed by atoms with Gasteiger partial charge in [0.15, 0.2) is 11.5 Å². The standard InChI is InChI=1S/C22H24N6O2/c1-28(2)12-14-3-7-16(8-4-14)18-11-24-20(23)19(25-18)22-27-26-21(30-22)17-9-5-15(13-29)6-10-17/h3,5-7,9-11,29H,4,8,12-13H2,1-2H3,(H2,23,24). The summed E-state index contributed by atoms with van der Waals surface area (Å²) < 4.78 is 5.81. The number of nitrogens with zero attached hydrogens (tertiary/aromatic N) is 5. The van der Waals surface area contributed by atoms with Crippen molar-refractivity contribution in [2.24, 2.45) is 0 Å². The Kier molecular flexibility index (Phi) is 5.69. The molecule has 3 aromatic rings. The van der Waals surface area contributed by atoms with Gasteiger partial charge in [0.1, 0.15) is 0 Å². The molecular formula is C22H24N6O2. The molecule has 0 saturated heterocycles. The second-order valence-electron chi connectivity index (χ2n) is 7.51. The summed E-state index contributed by atoms with van der Waals surface area (Å²) in [5.41, 5.74) is 11.2. The summed E-state index contributed by atoms with van der Waals surface area (Å²) in [6.45, 7) is 0.933. The van der Waals surface area contributed by atoms with E-state index in [1.54, 1.807) is 6.20 Å². The molecule has 1 aliphatic rings. The number of benzene rings is 1. The fourth-order valence-corrected chi connectivity index (χ4v) is 3.33. The van der Waals surface area contributed by atoms with E-state index < -0.39 is 0 Å². The van der Waals surface area contributed by atoms with Crippen LogP contribution < -0.4 is 5.73 Å². The number of hydrogen-bond acceptors (Lipinski definition) is 8. The van der Waals surface area contributed by atoms with Crippen LogP contribution in [0.1, 0.15) is 24.1 Å². The lowest BCUT2D eigenvalue weighted by Crippen LogP contribution is -2.16. The molecule has 0 aliphatic heterocycles. The average Bonchev–Trinajstić information content (AvgIpc) is 3.24. The predicted molar refractivity (Wildman–Crippen MR) is 115 cm³/mol. The first-order chi connectivity index (χ1) is 14.5. The van der Waals surface area contributed by atoms with E-state index >= 15 is 0 Å². The van der Waals surface area contributed by atoms with Crippen molar-refractivity contribution in [3.8, 4) is 23.0 Å². The second-order valence-corrected chi connectivity index (χ2v) is 7.51. The molecule has 2 heterocycles. The molecule has 154 valence electrons. The lowest BCUT2D eigenvalue weighted by molar-refractivity contribution is 0.282. The van der Waals surface area contributed by atoms with Gasteiger partial charge in [-0.05, 0) is 50.2 Å². The Labute approximate surface area is 174 Å². The summed E-state index contributed by atoms with van der Waals surface area (Å²) >= 11 is 0. The second kappa shape index (κ2) is 8.56. The summed E-state index contributed by atoms with van der Waals surface area (Å²) in [4.78, 5) is 11.1. The number of nitrogen functional groups attached to an aromatic ring is 1. The van der Waals surface area contributed by atoms with Gasteiger partial charge in [0.2, 0.25) is 5.89 Å². The highest BCUT2D eigenvalue weighted by molar-refractivity contribution is 5.70. The zero-order valence-corrected chi connectivity index (χ0v) is 17.0. The third-order valence-electron chi connectivity index (χ3n) is 4.90. The summed E-state index contributed by atoms with van der Waals surface area (Å²) in [6.07, 6.45) is 7.80. The molecule has 1 aromatic carbocycles. The number of anilines is 1. The van der Waals surface area contributed by atoms with Crippen molar-refractivity contribution in [3.63, 3.8) is 0 Å². The Hall–Kier alpha value is -3.36. The number of allylic oxidation sites excluding steroid dienone is 3. The summed E-state index contributed by atoms with van der Waals surface area (Å²) in [7, 11) is 4.13. The molecule has 3 N–H and O–H groups in total. The number of hydrogen-bond donors (Lipinski definition) is 2. The minimum Gasteiger partial charge on any atom is -0.414 e. The summed E-state index contributed by atoms with van der Waals surface area (Å²) in [5.74, 6) is 0.822. The van der Waals surface area contributed by atoms with Gasteiger partial charge < -0.3 is 20.2 Å². The van der Waals surface area contributed by atoms with Crippen molar-refractivity contribution in [1.29, 1.82) is 0 Å². The molecular weight excluding hydrogens is 380 g/mol. The maximum atomic E-state index is 9.18. The van der Waals surface area contributed by atoms with Crippen molar-refractivity contribution >= 4 is 11.4 Å². The highest BCUT2D eigenvalue weighted by Gasteiger charge is 2.18. The van der Waals surface area contributed by atoms with Crippen LogP contribution in [0.4, 0.5) is 5.82 Å². The molecule has 0 spiro atoms. The maximum absolute atomic E-state index is 9.18. The fourth-order valence-electron chi connectivity index (χ4n) is 3.33. The summed E-state index contributed by atoms with van der Waals surface area (Å²) in [6, 6.07) is 7.25. The van der Waals surface area contributed by atoms with Crippen molar-refractivity contribution in [1.82, 2.24) is 25.1 Å². The van der Waals surface area contributed by atoms with Crippen LogP contribution in [-0.4, -0.2) is 50.8 Å². The van der Waals surface area contributed by atoms with Gasteiger partial charge in [-0.25, -0.2) is 9.97 Å². The molecule has 8 nitrogen and oxygen atoms in total. The molecule has 0 radical (unpaired) electrons. The molecule has 0 fully saturated rings. The van der Waals surface area contributed by atoms with Crippen molar-refractivity contribution in [2.75, 3.05) is 26.4 Å². The Morgan fingerprint density at radius 3 is 2.50 bits per heavy atom. The van der Waals surface area contributed by atoms with E-state index in [1.807, 2.05) is 24.3 Å². The van der Waals surface area contributed by atoms with E-state index in [0.717, 1.165) is 41.8 Å². The SMILES string of the molecule is CN(C)CC1=CC=C(c2cnc(N)c(-c3nnc(-c4ccc(CO)cc4)o3)n2)CC1. The average molecular weight is 404 g/mol. The van der Waals surface area contributed by atoms with Crippen LogP contribution >= 0.6 is 0 Å². The van der Waals surface area contributed by atoms with Gasteiger partial charge in [0, 0.05) is 12.1 Å². The third kappa shape index (κ3) is 4.29. The number of nitrogens with two attached hydrogens (primary N) is 1. The molecule has 0 saturated carbocycles. The maximum Gasteiger partial charge on any atom is 0.270 e. The first-order valence-corrected chi connectivity index (χ1v) is 9.73. The lowest BCUT2D eigenvalue weighted by atomic mass is 9.96. The predicted octanol–water partition coefficient (Wildman–Crippen LogP) is 2.93. The highest BCUT2D eigenvalue weighted by Crippen LogP contribution is 2.30. The van der Waals surface area contributed by atoms with Crippen LogP contribution in [0.5, 0.6) is 0 Å². The van der Waals surface area contributed by atoms with Gasteiger partial charge >= 0.3 is 0 Å². The molecule has 30 heavy (non-hydrogen) atoms. The molecule has 2 aromatic heterocycles.